The molecule has 1 aromatic carbocycles. The van der Waals surface area contributed by atoms with Crippen LogP contribution in [0, 0.1) is 5.92 Å². The van der Waals surface area contributed by atoms with Crippen molar-refractivity contribution < 1.29 is 0 Å². The van der Waals surface area contributed by atoms with E-state index in [4.69, 9.17) is 0 Å². The smallest absolute Gasteiger partial charge is 0.0400 e. The predicted octanol–water partition coefficient (Wildman–Crippen LogP) is 2.17. The molecule has 0 aliphatic carbocycles. The lowest BCUT2D eigenvalue weighted by molar-refractivity contribution is 0.239. The van der Waals surface area contributed by atoms with Crippen LogP contribution in [0.3, 0.4) is 0 Å². The summed E-state index contributed by atoms with van der Waals surface area (Å²) in [5, 5.41) is 7.10. The summed E-state index contributed by atoms with van der Waals surface area (Å²) in [5.74, 6) is 0.914. The van der Waals surface area contributed by atoms with E-state index in [9.17, 15) is 0 Å². The van der Waals surface area contributed by atoms with Gasteiger partial charge in [-0.1, -0.05) is 18.2 Å². The van der Waals surface area contributed by atoms with Crippen molar-refractivity contribution in [3.8, 4) is 0 Å². The molecule has 3 rings (SSSR count). The molecule has 3 heteroatoms. The molecule has 0 bridgehead atoms. The van der Waals surface area contributed by atoms with Gasteiger partial charge in [0.05, 0.1) is 0 Å². The van der Waals surface area contributed by atoms with Crippen LogP contribution in [0.1, 0.15) is 19.3 Å². The maximum Gasteiger partial charge on any atom is 0.0400 e. The highest BCUT2D eigenvalue weighted by atomic mass is 15.2. The van der Waals surface area contributed by atoms with E-state index >= 15 is 0 Å². The molecular weight excluding hydrogens is 234 g/mol. The third-order valence-electron chi connectivity index (χ3n) is 4.39. The molecule has 3 nitrogen and oxygen atoms in total. The zero-order valence-corrected chi connectivity index (χ0v) is 11.6. The SMILES string of the molecule is c1ccc(NC2CCN(CC3CCNCC3)C2)cc1. The van der Waals surface area contributed by atoms with Crippen LogP contribution in [-0.4, -0.2) is 43.7 Å². The molecule has 1 unspecified atom stereocenters. The molecule has 0 spiro atoms. The number of anilines is 1. The second-order valence-corrected chi connectivity index (χ2v) is 5.95. The van der Waals surface area contributed by atoms with Crippen LogP contribution in [0.5, 0.6) is 0 Å². The first-order valence-electron chi connectivity index (χ1n) is 7.65. The molecule has 2 heterocycles. The van der Waals surface area contributed by atoms with Crippen LogP contribution in [0.15, 0.2) is 30.3 Å². The molecule has 0 saturated carbocycles. The summed E-state index contributed by atoms with van der Waals surface area (Å²) in [7, 11) is 0. The van der Waals surface area contributed by atoms with E-state index < -0.39 is 0 Å². The zero-order chi connectivity index (χ0) is 12.9. The van der Waals surface area contributed by atoms with Gasteiger partial charge in [0.25, 0.3) is 0 Å². The number of benzene rings is 1. The second-order valence-electron chi connectivity index (χ2n) is 5.95. The molecule has 0 aromatic heterocycles. The van der Waals surface area contributed by atoms with E-state index in [2.05, 4.69) is 45.9 Å². The average molecular weight is 259 g/mol. The fraction of sp³-hybridized carbons (Fsp3) is 0.625. The van der Waals surface area contributed by atoms with Gasteiger partial charge in [-0.15, -0.1) is 0 Å². The molecule has 2 N–H and O–H groups in total. The van der Waals surface area contributed by atoms with Crippen molar-refractivity contribution in [1.29, 1.82) is 0 Å². The van der Waals surface area contributed by atoms with E-state index in [0.717, 1.165) is 5.92 Å². The summed E-state index contributed by atoms with van der Waals surface area (Å²) in [6, 6.07) is 11.2. The normalized spacial score (nSPS) is 25.6. The molecule has 2 aliphatic heterocycles. The molecular formula is C16H25N3. The van der Waals surface area contributed by atoms with Crippen molar-refractivity contribution in [3.63, 3.8) is 0 Å². The maximum absolute atomic E-state index is 3.65. The first kappa shape index (κ1) is 12.9. The summed E-state index contributed by atoms with van der Waals surface area (Å²) < 4.78 is 0. The van der Waals surface area contributed by atoms with Crippen molar-refractivity contribution in [2.24, 2.45) is 5.92 Å². The number of likely N-dealkylation sites (tertiary alicyclic amines) is 1. The number of rotatable bonds is 4. The Balaban J connectivity index is 1.44. The highest BCUT2D eigenvalue weighted by molar-refractivity contribution is 5.43. The summed E-state index contributed by atoms with van der Waals surface area (Å²) in [5.41, 5.74) is 1.26. The van der Waals surface area contributed by atoms with Gasteiger partial charge in [-0.05, 0) is 50.4 Å². The van der Waals surface area contributed by atoms with Gasteiger partial charge in [0.1, 0.15) is 0 Å². The molecule has 0 amide bonds. The van der Waals surface area contributed by atoms with Crippen molar-refractivity contribution in [1.82, 2.24) is 10.2 Å². The highest BCUT2D eigenvalue weighted by Crippen LogP contribution is 2.19. The number of nitrogens with zero attached hydrogens (tertiary/aromatic N) is 1. The number of hydrogen-bond acceptors (Lipinski definition) is 3. The van der Waals surface area contributed by atoms with Crippen molar-refractivity contribution in [2.75, 3.05) is 38.0 Å². The van der Waals surface area contributed by atoms with E-state index in [1.54, 1.807) is 0 Å². The fourth-order valence-electron chi connectivity index (χ4n) is 3.32. The molecule has 104 valence electrons. The van der Waals surface area contributed by atoms with Crippen LogP contribution >= 0.6 is 0 Å². The van der Waals surface area contributed by atoms with E-state index in [0.29, 0.717) is 6.04 Å². The summed E-state index contributed by atoms with van der Waals surface area (Å²) in [6.07, 6.45) is 3.99. The van der Waals surface area contributed by atoms with Gasteiger partial charge in [-0.3, -0.25) is 0 Å². The van der Waals surface area contributed by atoms with Gasteiger partial charge in [-0.2, -0.15) is 0 Å². The van der Waals surface area contributed by atoms with E-state index in [1.165, 1.54) is 57.7 Å². The third-order valence-corrected chi connectivity index (χ3v) is 4.39. The minimum atomic E-state index is 0.629. The molecule has 1 atom stereocenters. The van der Waals surface area contributed by atoms with Crippen LogP contribution in [0.4, 0.5) is 5.69 Å². The van der Waals surface area contributed by atoms with Gasteiger partial charge in [0, 0.05) is 31.4 Å². The van der Waals surface area contributed by atoms with Crippen molar-refractivity contribution in [2.45, 2.75) is 25.3 Å². The standard InChI is InChI=1S/C16H25N3/c1-2-4-15(5-3-1)18-16-8-11-19(13-16)12-14-6-9-17-10-7-14/h1-5,14,16-18H,6-13H2. The van der Waals surface area contributed by atoms with Crippen LogP contribution < -0.4 is 10.6 Å². The molecule has 0 radical (unpaired) electrons. The molecule has 1 aromatic rings. The number of nitrogens with one attached hydrogen (secondary N) is 2. The van der Waals surface area contributed by atoms with Crippen molar-refractivity contribution in [3.05, 3.63) is 30.3 Å². The topological polar surface area (TPSA) is 27.3 Å². The lowest BCUT2D eigenvalue weighted by Crippen LogP contribution is -2.36. The summed E-state index contributed by atoms with van der Waals surface area (Å²) in [4.78, 5) is 2.65. The number of para-hydroxylation sites is 1. The molecule has 2 saturated heterocycles. The Labute approximate surface area is 116 Å². The molecule has 2 aliphatic rings. The third kappa shape index (κ3) is 3.71. The van der Waals surface area contributed by atoms with Crippen LogP contribution in [-0.2, 0) is 0 Å². The largest absolute Gasteiger partial charge is 0.381 e. The molecule has 19 heavy (non-hydrogen) atoms. The summed E-state index contributed by atoms with van der Waals surface area (Å²) in [6.45, 7) is 6.19. The number of piperidine rings is 1. The predicted molar refractivity (Wildman–Crippen MR) is 80.5 cm³/mol. The minimum absolute atomic E-state index is 0.629. The van der Waals surface area contributed by atoms with Crippen LogP contribution in [0.25, 0.3) is 0 Å². The molecule has 2 fully saturated rings. The number of hydrogen-bond donors (Lipinski definition) is 2. The van der Waals surface area contributed by atoms with Crippen molar-refractivity contribution >= 4 is 5.69 Å². The van der Waals surface area contributed by atoms with Gasteiger partial charge in [-0.25, -0.2) is 0 Å². The Morgan fingerprint density at radius 3 is 2.68 bits per heavy atom. The Morgan fingerprint density at radius 1 is 1.11 bits per heavy atom. The minimum Gasteiger partial charge on any atom is -0.381 e. The highest BCUT2D eigenvalue weighted by Gasteiger charge is 2.25. The van der Waals surface area contributed by atoms with Gasteiger partial charge >= 0.3 is 0 Å². The Bertz CT molecular complexity index is 373. The fourth-order valence-corrected chi connectivity index (χ4v) is 3.32. The van der Waals surface area contributed by atoms with Gasteiger partial charge in [0.2, 0.25) is 0 Å². The monoisotopic (exact) mass is 259 g/mol. The quantitative estimate of drug-likeness (QED) is 0.868. The summed E-state index contributed by atoms with van der Waals surface area (Å²) >= 11 is 0. The van der Waals surface area contributed by atoms with E-state index in [-0.39, 0.29) is 0 Å². The maximum atomic E-state index is 3.65. The Kier molecular flexibility index (Phi) is 4.36. The van der Waals surface area contributed by atoms with E-state index in [1.807, 2.05) is 0 Å². The Hall–Kier alpha value is -1.06. The second kappa shape index (κ2) is 6.40. The lowest BCUT2D eigenvalue weighted by Gasteiger charge is -2.27. The van der Waals surface area contributed by atoms with Gasteiger partial charge in [0.15, 0.2) is 0 Å². The Morgan fingerprint density at radius 2 is 1.89 bits per heavy atom. The lowest BCUT2D eigenvalue weighted by atomic mass is 9.98. The first-order valence-corrected chi connectivity index (χ1v) is 7.65. The average Bonchev–Trinajstić information content (AvgIpc) is 2.88. The first-order chi connectivity index (χ1) is 9.40. The van der Waals surface area contributed by atoms with Crippen LogP contribution in [0.2, 0.25) is 0 Å². The van der Waals surface area contributed by atoms with Gasteiger partial charge < -0.3 is 15.5 Å². The zero-order valence-electron chi connectivity index (χ0n) is 11.6.